The molecule has 1 aliphatic rings. The van der Waals surface area contributed by atoms with Gasteiger partial charge in [-0.1, -0.05) is 26.2 Å². The first-order valence-electron chi connectivity index (χ1n) is 6.51. The van der Waals surface area contributed by atoms with Crippen LogP contribution in [-0.4, -0.2) is 30.1 Å². The molecule has 0 amide bonds. The highest BCUT2D eigenvalue weighted by Gasteiger charge is 2.42. The van der Waals surface area contributed by atoms with Gasteiger partial charge in [0.05, 0.1) is 0 Å². The monoisotopic (exact) mass is 212 g/mol. The Morgan fingerprint density at radius 3 is 2.53 bits per heavy atom. The van der Waals surface area contributed by atoms with Crippen LogP contribution in [0, 0.1) is 5.92 Å². The van der Waals surface area contributed by atoms with Crippen LogP contribution in [0.25, 0.3) is 0 Å². The summed E-state index contributed by atoms with van der Waals surface area (Å²) < 4.78 is 0. The maximum atomic E-state index is 6.10. The quantitative estimate of drug-likeness (QED) is 0.776. The molecule has 2 heteroatoms. The van der Waals surface area contributed by atoms with Crippen molar-refractivity contribution in [1.29, 1.82) is 0 Å². The number of likely N-dealkylation sites (N-methyl/N-ethyl adjacent to an activating group) is 1. The molecule has 0 aromatic heterocycles. The van der Waals surface area contributed by atoms with Crippen molar-refractivity contribution < 1.29 is 0 Å². The minimum Gasteiger partial charge on any atom is -0.329 e. The van der Waals surface area contributed by atoms with Gasteiger partial charge in [0.15, 0.2) is 0 Å². The molecule has 0 radical (unpaired) electrons. The predicted octanol–water partition coefficient (Wildman–Crippen LogP) is 2.62. The van der Waals surface area contributed by atoms with Crippen LogP contribution in [0.1, 0.15) is 52.9 Å². The van der Waals surface area contributed by atoms with E-state index in [2.05, 4.69) is 32.7 Å². The highest BCUT2D eigenvalue weighted by atomic mass is 15.2. The van der Waals surface area contributed by atoms with E-state index in [0.29, 0.717) is 6.04 Å². The van der Waals surface area contributed by atoms with Crippen molar-refractivity contribution in [2.45, 2.75) is 64.5 Å². The summed E-state index contributed by atoms with van der Waals surface area (Å²) in [5, 5.41) is 0. The van der Waals surface area contributed by atoms with Gasteiger partial charge in [0.2, 0.25) is 0 Å². The average Bonchev–Trinajstić information content (AvgIpc) is 2.27. The van der Waals surface area contributed by atoms with E-state index in [9.17, 15) is 0 Å². The van der Waals surface area contributed by atoms with Gasteiger partial charge in [-0.05, 0) is 39.7 Å². The number of nitrogens with two attached hydrogens (primary N) is 1. The molecule has 0 saturated heterocycles. The van der Waals surface area contributed by atoms with Crippen molar-refractivity contribution in [3.8, 4) is 0 Å². The molecule has 90 valence electrons. The standard InChI is InChI=1S/C13H28N2/c1-5-12-8-6-7-9-13(12,10-14)15(4)11(2)3/h11-12H,5-10,14H2,1-4H3. The minimum atomic E-state index is 0.279. The second-order valence-corrected chi connectivity index (χ2v) is 5.36. The second-order valence-electron chi connectivity index (χ2n) is 5.36. The third-order valence-corrected chi connectivity index (χ3v) is 4.50. The molecule has 0 heterocycles. The van der Waals surface area contributed by atoms with Gasteiger partial charge in [0.25, 0.3) is 0 Å². The number of nitrogens with zero attached hydrogens (tertiary/aromatic N) is 1. The summed E-state index contributed by atoms with van der Waals surface area (Å²) in [5.41, 5.74) is 6.38. The lowest BCUT2D eigenvalue weighted by Gasteiger charge is -2.51. The van der Waals surface area contributed by atoms with E-state index in [1.54, 1.807) is 0 Å². The van der Waals surface area contributed by atoms with E-state index < -0.39 is 0 Å². The molecular formula is C13H28N2. The summed E-state index contributed by atoms with van der Waals surface area (Å²) >= 11 is 0. The zero-order chi connectivity index (χ0) is 11.5. The van der Waals surface area contributed by atoms with Crippen molar-refractivity contribution in [3.63, 3.8) is 0 Å². The average molecular weight is 212 g/mol. The van der Waals surface area contributed by atoms with Gasteiger partial charge >= 0.3 is 0 Å². The van der Waals surface area contributed by atoms with E-state index in [4.69, 9.17) is 5.73 Å². The van der Waals surface area contributed by atoms with E-state index in [1.165, 1.54) is 32.1 Å². The van der Waals surface area contributed by atoms with E-state index in [0.717, 1.165) is 12.5 Å². The molecule has 1 aliphatic carbocycles. The molecule has 0 spiro atoms. The lowest BCUT2D eigenvalue weighted by molar-refractivity contribution is 0.00309. The van der Waals surface area contributed by atoms with Crippen LogP contribution in [0.3, 0.4) is 0 Å². The molecule has 2 nitrogen and oxygen atoms in total. The highest BCUT2D eigenvalue weighted by Crippen LogP contribution is 2.39. The van der Waals surface area contributed by atoms with Crippen LogP contribution in [0.2, 0.25) is 0 Å². The van der Waals surface area contributed by atoms with Gasteiger partial charge in [0, 0.05) is 18.1 Å². The molecule has 2 N–H and O–H groups in total. The Morgan fingerprint density at radius 2 is 2.07 bits per heavy atom. The largest absolute Gasteiger partial charge is 0.329 e. The molecule has 0 aromatic carbocycles. The summed E-state index contributed by atoms with van der Waals surface area (Å²) in [6, 6.07) is 0.598. The summed E-state index contributed by atoms with van der Waals surface area (Å²) in [4.78, 5) is 2.53. The number of hydrogen-bond acceptors (Lipinski definition) is 2. The zero-order valence-corrected chi connectivity index (χ0v) is 10.9. The number of hydrogen-bond donors (Lipinski definition) is 1. The summed E-state index contributed by atoms with van der Waals surface area (Å²) in [6.45, 7) is 7.69. The van der Waals surface area contributed by atoms with Crippen LogP contribution in [0.15, 0.2) is 0 Å². The molecule has 0 aromatic rings. The van der Waals surface area contributed by atoms with Crippen molar-refractivity contribution in [2.75, 3.05) is 13.6 Å². The first-order valence-corrected chi connectivity index (χ1v) is 6.51. The summed E-state index contributed by atoms with van der Waals surface area (Å²) in [5.74, 6) is 0.795. The van der Waals surface area contributed by atoms with E-state index >= 15 is 0 Å². The normalized spacial score (nSPS) is 32.6. The van der Waals surface area contributed by atoms with Gasteiger partial charge in [0.1, 0.15) is 0 Å². The summed E-state index contributed by atoms with van der Waals surface area (Å²) in [6.07, 6.45) is 6.67. The Kier molecular flexibility index (Phi) is 4.60. The first kappa shape index (κ1) is 13.0. The highest BCUT2D eigenvalue weighted by molar-refractivity contribution is 4.99. The van der Waals surface area contributed by atoms with Gasteiger partial charge in [-0.3, -0.25) is 4.90 Å². The molecule has 1 saturated carbocycles. The maximum Gasteiger partial charge on any atom is 0.0359 e. The molecule has 2 unspecified atom stereocenters. The molecular weight excluding hydrogens is 184 g/mol. The Hall–Kier alpha value is -0.0800. The van der Waals surface area contributed by atoms with Gasteiger partial charge in [-0.25, -0.2) is 0 Å². The predicted molar refractivity (Wildman–Crippen MR) is 66.9 cm³/mol. The molecule has 2 atom stereocenters. The molecule has 1 fully saturated rings. The Bertz CT molecular complexity index is 187. The van der Waals surface area contributed by atoms with Crippen LogP contribution in [0.5, 0.6) is 0 Å². The third-order valence-electron chi connectivity index (χ3n) is 4.50. The molecule has 15 heavy (non-hydrogen) atoms. The molecule has 0 bridgehead atoms. The Balaban J connectivity index is 2.87. The van der Waals surface area contributed by atoms with Crippen molar-refractivity contribution >= 4 is 0 Å². The Morgan fingerprint density at radius 1 is 1.40 bits per heavy atom. The zero-order valence-electron chi connectivity index (χ0n) is 10.9. The van der Waals surface area contributed by atoms with Crippen molar-refractivity contribution in [1.82, 2.24) is 4.90 Å². The van der Waals surface area contributed by atoms with Gasteiger partial charge < -0.3 is 5.73 Å². The molecule has 0 aliphatic heterocycles. The van der Waals surface area contributed by atoms with Gasteiger partial charge in [-0.15, -0.1) is 0 Å². The first-order chi connectivity index (χ1) is 7.08. The smallest absolute Gasteiger partial charge is 0.0359 e. The van der Waals surface area contributed by atoms with Crippen LogP contribution in [-0.2, 0) is 0 Å². The van der Waals surface area contributed by atoms with E-state index in [-0.39, 0.29) is 5.54 Å². The fourth-order valence-electron chi connectivity index (χ4n) is 3.27. The number of rotatable bonds is 4. The SMILES string of the molecule is CCC1CCCCC1(CN)N(C)C(C)C. The Labute approximate surface area is 95.2 Å². The van der Waals surface area contributed by atoms with Crippen molar-refractivity contribution in [2.24, 2.45) is 11.7 Å². The van der Waals surface area contributed by atoms with Crippen LogP contribution < -0.4 is 5.73 Å². The van der Waals surface area contributed by atoms with Crippen molar-refractivity contribution in [3.05, 3.63) is 0 Å². The van der Waals surface area contributed by atoms with E-state index in [1.807, 2.05) is 0 Å². The topological polar surface area (TPSA) is 29.3 Å². The fraction of sp³-hybridized carbons (Fsp3) is 1.00. The van der Waals surface area contributed by atoms with Crippen LogP contribution in [0.4, 0.5) is 0 Å². The van der Waals surface area contributed by atoms with Crippen LogP contribution >= 0.6 is 0 Å². The fourth-order valence-corrected chi connectivity index (χ4v) is 3.27. The lowest BCUT2D eigenvalue weighted by Crippen LogP contribution is -2.60. The lowest BCUT2D eigenvalue weighted by atomic mass is 9.70. The minimum absolute atomic E-state index is 0.279. The third kappa shape index (κ3) is 2.36. The maximum absolute atomic E-state index is 6.10. The molecule has 1 rings (SSSR count). The summed E-state index contributed by atoms with van der Waals surface area (Å²) in [7, 11) is 2.26. The van der Waals surface area contributed by atoms with Gasteiger partial charge in [-0.2, -0.15) is 0 Å². The second kappa shape index (κ2) is 5.31.